The van der Waals surface area contributed by atoms with Gasteiger partial charge in [0.2, 0.25) is 0 Å². The van der Waals surface area contributed by atoms with Crippen LogP contribution in [0.1, 0.15) is 30.7 Å². The normalized spacial score (nSPS) is 12.7. The SMILES string of the molecule is CC(C)(O)c1cn(-c2ccc(-c3ccccc3C(F)(F)I)cc2)c(-c2ccccc2C(F)(F)F)n1. The van der Waals surface area contributed by atoms with Crippen molar-refractivity contribution in [2.24, 2.45) is 0 Å². The molecule has 3 nitrogen and oxygen atoms in total. The third-order valence-corrected chi connectivity index (χ3v) is 6.08. The molecule has 4 aromatic rings. The summed E-state index contributed by atoms with van der Waals surface area (Å²) in [5, 5.41) is 10.5. The number of alkyl halides is 6. The van der Waals surface area contributed by atoms with Crippen molar-refractivity contribution in [1.29, 1.82) is 0 Å². The van der Waals surface area contributed by atoms with Crippen LogP contribution >= 0.6 is 22.6 Å². The second-order valence-electron chi connectivity index (χ2n) is 8.51. The Hall–Kier alpha value is -2.79. The van der Waals surface area contributed by atoms with Crippen LogP contribution in [0.4, 0.5) is 22.0 Å². The number of halogens is 6. The lowest BCUT2D eigenvalue weighted by Gasteiger charge is -2.16. The molecule has 0 aliphatic heterocycles. The molecule has 0 saturated carbocycles. The van der Waals surface area contributed by atoms with E-state index in [4.69, 9.17) is 0 Å². The zero-order valence-electron chi connectivity index (χ0n) is 18.6. The maximum Gasteiger partial charge on any atom is 0.417 e. The highest BCUT2D eigenvalue weighted by molar-refractivity contribution is 14.1. The molecule has 35 heavy (non-hydrogen) atoms. The van der Waals surface area contributed by atoms with Gasteiger partial charge >= 0.3 is 10.1 Å². The van der Waals surface area contributed by atoms with E-state index in [0.29, 0.717) is 16.8 Å². The fourth-order valence-electron chi connectivity index (χ4n) is 3.77. The summed E-state index contributed by atoms with van der Waals surface area (Å²) in [7, 11) is 0. The van der Waals surface area contributed by atoms with E-state index in [0.717, 1.165) is 28.7 Å². The van der Waals surface area contributed by atoms with E-state index in [2.05, 4.69) is 4.98 Å². The Morgan fingerprint density at radius 2 is 1.31 bits per heavy atom. The van der Waals surface area contributed by atoms with Crippen LogP contribution in [0.2, 0.25) is 0 Å². The maximum absolute atomic E-state index is 14.1. The molecule has 0 amide bonds. The minimum Gasteiger partial charge on any atom is -0.384 e. The molecule has 0 spiro atoms. The van der Waals surface area contributed by atoms with E-state index in [1.807, 2.05) is 0 Å². The molecule has 0 aliphatic carbocycles. The van der Waals surface area contributed by atoms with Crippen LogP contribution in [0, 0.1) is 0 Å². The third-order valence-electron chi connectivity index (χ3n) is 5.50. The molecule has 1 N–H and O–H groups in total. The second kappa shape index (κ2) is 9.02. The van der Waals surface area contributed by atoms with Gasteiger partial charge in [-0.05, 0) is 43.2 Å². The van der Waals surface area contributed by atoms with Crippen molar-refractivity contribution in [3.05, 3.63) is 95.8 Å². The van der Waals surface area contributed by atoms with Crippen LogP contribution < -0.4 is 0 Å². The van der Waals surface area contributed by atoms with Crippen LogP contribution in [0.25, 0.3) is 28.2 Å². The molecular formula is C26H20F5IN2O. The van der Waals surface area contributed by atoms with Crippen LogP contribution in [-0.2, 0) is 15.7 Å². The lowest BCUT2D eigenvalue weighted by atomic mass is 9.99. The lowest BCUT2D eigenvalue weighted by Crippen LogP contribution is -2.15. The van der Waals surface area contributed by atoms with Crippen LogP contribution in [0.15, 0.2) is 79.0 Å². The average Bonchev–Trinajstić information content (AvgIpc) is 3.24. The Balaban J connectivity index is 1.86. The highest BCUT2D eigenvalue weighted by atomic mass is 127. The van der Waals surface area contributed by atoms with E-state index in [1.54, 1.807) is 36.4 Å². The van der Waals surface area contributed by atoms with Crippen molar-refractivity contribution in [2.75, 3.05) is 0 Å². The number of imidazole rings is 1. The summed E-state index contributed by atoms with van der Waals surface area (Å²) in [4.78, 5) is 4.34. The van der Waals surface area contributed by atoms with Gasteiger partial charge in [0.15, 0.2) is 0 Å². The summed E-state index contributed by atoms with van der Waals surface area (Å²) in [6.07, 6.45) is -3.13. The van der Waals surface area contributed by atoms with Gasteiger partial charge in [0, 0.05) is 45.6 Å². The predicted octanol–water partition coefficient (Wildman–Crippen LogP) is 7.94. The first-order chi connectivity index (χ1) is 16.3. The van der Waals surface area contributed by atoms with Gasteiger partial charge in [-0.3, -0.25) is 4.57 Å². The fourth-order valence-corrected chi connectivity index (χ4v) is 4.24. The zero-order valence-corrected chi connectivity index (χ0v) is 20.8. The Kier molecular flexibility index (Phi) is 6.52. The minimum absolute atomic E-state index is 0.00185. The second-order valence-corrected chi connectivity index (χ2v) is 9.87. The molecular weight excluding hydrogens is 578 g/mol. The summed E-state index contributed by atoms with van der Waals surface area (Å²) in [5.41, 5.74) is -1.02. The highest BCUT2D eigenvalue weighted by Gasteiger charge is 2.35. The minimum atomic E-state index is -4.61. The molecule has 3 aromatic carbocycles. The van der Waals surface area contributed by atoms with Gasteiger partial charge < -0.3 is 5.11 Å². The topological polar surface area (TPSA) is 38.0 Å². The van der Waals surface area contributed by atoms with Crippen LogP contribution in [-0.4, -0.2) is 14.7 Å². The quantitative estimate of drug-likeness (QED) is 0.144. The molecule has 9 heteroatoms. The van der Waals surface area contributed by atoms with E-state index in [1.165, 1.54) is 54.9 Å². The summed E-state index contributed by atoms with van der Waals surface area (Å²) in [6.45, 7) is 2.98. The molecule has 0 aliphatic rings. The number of aromatic nitrogens is 2. The van der Waals surface area contributed by atoms with Gasteiger partial charge in [-0.25, -0.2) is 4.98 Å². The number of benzene rings is 3. The zero-order chi connectivity index (χ0) is 25.6. The average molecular weight is 598 g/mol. The largest absolute Gasteiger partial charge is 0.417 e. The number of hydrogen-bond acceptors (Lipinski definition) is 2. The Morgan fingerprint density at radius 1 is 0.771 bits per heavy atom. The van der Waals surface area contributed by atoms with Crippen molar-refractivity contribution in [3.63, 3.8) is 0 Å². The Morgan fingerprint density at radius 3 is 1.86 bits per heavy atom. The lowest BCUT2D eigenvalue weighted by molar-refractivity contribution is -0.137. The summed E-state index contributed by atoms with van der Waals surface area (Å²) >= 11 is 1.08. The van der Waals surface area contributed by atoms with Crippen molar-refractivity contribution in [2.45, 2.75) is 29.6 Å². The fraction of sp³-hybridized carbons (Fsp3) is 0.192. The Bertz CT molecular complexity index is 1350. The molecule has 182 valence electrons. The number of rotatable bonds is 5. The smallest absolute Gasteiger partial charge is 0.384 e. The van der Waals surface area contributed by atoms with Gasteiger partial charge in [0.05, 0.1) is 11.3 Å². The van der Waals surface area contributed by atoms with E-state index < -0.39 is 21.3 Å². The van der Waals surface area contributed by atoms with Crippen LogP contribution in [0.3, 0.4) is 0 Å². The molecule has 0 saturated heterocycles. The molecule has 1 heterocycles. The number of aliphatic hydroxyl groups is 1. The van der Waals surface area contributed by atoms with E-state index in [9.17, 15) is 27.1 Å². The van der Waals surface area contributed by atoms with Crippen molar-refractivity contribution < 1.29 is 27.1 Å². The third kappa shape index (κ3) is 5.25. The van der Waals surface area contributed by atoms with E-state index >= 15 is 0 Å². The molecule has 0 unspecified atom stereocenters. The Labute approximate surface area is 212 Å². The number of nitrogens with zero attached hydrogens (tertiary/aromatic N) is 2. The molecule has 0 radical (unpaired) electrons. The standard InChI is InChI=1S/C26H20F5IN2O/c1-24(2,35)22-15-34(23(33-22)19-8-4-5-9-20(19)25(27,28)29)17-13-11-16(12-14-17)18-7-3-6-10-21(18)26(30,31)32/h3-15,35H,1-2H3. The van der Waals surface area contributed by atoms with E-state index in [-0.39, 0.29) is 22.6 Å². The van der Waals surface area contributed by atoms with Gasteiger partial charge in [0.25, 0.3) is 0 Å². The van der Waals surface area contributed by atoms with Gasteiger partial charge in [-0.2, -0.15) is 22.0 Å². The first-order valence-electron chi connectivity index (χ1n) is 10.5. The van der Waals surface area contributed by atoms with Gasteiger partial charge in [0.1, 0.15) is 11.4 Å². The molecule has 0 atom stereocenters. The molecule has 1 aromatic heterocycles. The first-order valence-corrected chi connectivity index (χ1v) is 11.6. The van der Waals surface area contributed by atoms with Crippen molar-refractivity contribution in [1.82, 2.24) is 9.55 Å². The van der Waals surface area contributed by atoms with Gasteiger partial charge in [-0.1, -0.05) is 54.6 Å². The summed E-state index contributed by atoms with van der Waals surface area (Å²) in [5.74, 6) is 0.00185. The first kappa shape index (κ1) is 25.3. The van der Waals surface area contributed by atoms with Crippen molar-refractivity contribution in [3.8, 4) is 28.2 Å². The van der Waals surface area contributed by atoms with Gasteiger partial charge in [-0.15, -0.1) is 0 Å². The number of hydrogen-bond donors (Lipinski definition) is 1. The molecule has 4 rings (SSSR count). The summed E-state index contributed by atoms with van der Waals surface area (Å²) in [6, 6.07) is 17.7. The van der Waals surface area contributed by atoms with Crippen molar-refractivity contribution >= 4 is 22.6 Å². The highest BCUT2D eigenvalue weighted by Crippen LogP contribution is 2.41. The van der Waals surface area contributed by atoms with Crippen LogP contribution in [0.5, 0.6) is 0 Å². The predicted molar refractivity (Wildman–Crippen MR) is 133 cm³/mol. The monoisotopic (exact) mass is 598 g/mol. The summed E-state index contributed by atoms with van der Waals surface area (Å²) < 4.78 is 67.8. The molecule has 0 fully saturated rings. The molecule has 0 bridgehead atoms. The maximum atomic E-state index is 14.1.